The van der Waals surface area contributed by atoms with E-state index in [1.54, 1.807) is 36.1 Å². The third-order valence-electron chi connectivity index (χ3n) is 9.04. The maximum atomic E-state index is 14.0. The number of amides is 1. The maximum Gasteiger partial charge on any atom is 0.491 e. The van der Waals surface area contributed by atoms with Crippen molar-refractivity contribution in [3.63, 3.8) is 0 Å². The Balaban J connectivity index is 1.31. The quantitative estimate of drug-likeness (QED) is 0.112. The van der Waals surface area contributed by atoms with Gasteiger partial charge in [-0.05, 0) is 53.8 Å². The summed E-state index contributed by atoms with van der Waals surface area (Å²) < 4.78 is 54.6. The molecule has 1 N–H and O–H groups in total. The van der Waals surface area contributed by atoms with Gasteiger partial charge in [-0.15, -0.1) is 0 Å². The lowest BCUT2D eigenvalue weighted by Gasteiger charge is -2.23. The number of benzene rings is 3. The number of carbonyl (C=O) groups is 3. The van der Waals surface area contributed by atoms with Crippen LogP contribution in [0.25, 0.3) is 22.2 Å². The van der Waals surface area contributed by atoms with Gasteiger partial charge in [0.2, 0.25) is 5.95 Å². The lowest BCUT2D eigenvalue weighted by atomic mass is 9.84. The summed E-state index contributed by atoms with van der Waals surface area (Å²) >= 11 is 6.42. The fourth-order valence-electron chi connectivity index (χ4n) is 6.46. The van der Waals surface area contributed by atoms with Crippen LogP contribution in [0.5, 0.6) is 11.5 Å². The number of para-hydroxylation sites is 1. The highest BCUT2D eigenvalue weighted by Crippen LogP contribution is 2.40. The molecule has 5 aromatic rings. The van der Waals surface area contributed by atoms with Crippen LogP contribution in [0.2, 0.25) is 5.02 Å². The van der Waals surface area contributed by atoms with E-state index in [4.69, 9.17) is 26.1 Å². The number of nitrogens with zero attached hydrogens (tertiary/aromatic N) is 3. The Kier molecular flexibility index (Phi) is 10.8. The smallest absolute Gasteiger partial charge is 0.491 e. The van der Waals surface area contributed by atoms with Gasteiger partial charge < -0.3 is 18.8 Å². The van der Waals surface area contributed by atoms with Gasteiger partial charge in [0.15, 0.2) is 0 Å². The molecule has 2 aromatic heterocycles. The van der Waals surface area contributed by atoms with Gasteiger partial charge in [-0.1, -0.05) is 74.0 Å². The first-order valence-electron chi connectivity index (χ1n) is 16.5. The summed E-state index contributed by atoms with van der Waals surface area (Å²) in [7, 11) is 3.06. The monoisotopic (exact) mass is 734 g/mol. The summed E-state index contributed by atoms with van der Waals surface area (Å²) in [6, 6.07) is 18.0. The molecule has 3 aromatic carbocycles. The highest BCUT2D eigenvalue weighted by atomic mass is 35.5. The predicted octanol–water partition coefficient (Wildman–Crippen LogP) is 8.44. The van der Waals surface area contributed by atoms with Gasteiger partial charge in [-0.3, -0.25) is 10.1 Å². The van der Waals surface area contributed by atoms with Gasteiger partial charge in [0.1, 0.15) is 17.2 Å². The number of ether oxygens (including phenoxy) is 3. The summed E-state index contributed by atoms with van der Waals surface area (Å²) in [5.41, 5.74) is 3.50. The first-order valence-corrected chi connectivity index (χ1v) is 16.9. The first-order chi connectivity index (χ1) is 24.9. The van der Waals surface area contributed by atoms with Crippen molar-refractivity contribution in [2.45, 2.75) is 51.2 Å². The van der Waals surface area contributed by atoms with Crippen molar-refractivity contribution in [2.75, 3.05) is 19.5 Å². The summed E-state index contributed by atoms with van der Waals surface area (Å²) in [6.07, 6.45) is 2.95. The number of anilines is 1. The van der Waals surface area contributed by atoms with E-state index in [1.807, 2.05) is 24.3 Å². The number of hydrogen-bond acceptors (Lipinski definition) is 8. The molecule has 0 saturated heterocycles. The van der Waals surface area contributed by atoms with Gasteiger partial charge in [0, 0.05) is 35.3 Å². The molecular formula is C38H34ClF3N4O6. The minimum absolute atomic E-state index is 0.0661. The highest BCUT2D eigenvalue weighted by molar-refractivity contribution is 6.32. The van der Waals surface area contributed by atoms with Crippen molar-refractivity contribution in [3.8, 4) is 22.8 Å². The normalized spacial score (nSPS) is 13.5. The summed E-state index contributed by atoms with van der Waals surface area (Å²) in [4.78, 5) is 46.6. The lowest BCUT2D eigenvalue weighted by Crippen LogP contribution is -2.28. The van der Waals surface area contributed by atoms with Crippen LogP contribution in [-0.2, 0) is 22.5 Å². The van der Waals surface area contributed by atoms with Crippen molar-refractivity contribution in [2.24, 2.45) is 5.92 Å². The molecule has 6 rings (SSSR count). The number of hydrogen-bond donors (Lipinski definition) is 1. The van der Waals surface area contributed by atoms with E-state index >= 15 is 0 Å². The molecule has 0 atom stereocenters. The Morgan fingerprint density at radius 1 is 0.942 bits per heavy atom. The van der Waals surface area contributed by atoms with Crippen LogP contribution >= 0.6 is 11.6 Å². The van der Waals surface area contributed by atoms with E-state index in [2.05, 4.69) is 15.0 Å². The number of methoxy groups -OCH3 is 2. The average molecular weight is 735 g/mol. The Labute approximate surface area is 301 Å². The zero-order valence-corrected chi connectivity index (χ0v) is 29.0. The Morgan fingerprint density at radius 3 is 2.35 bits per heavy atom. The number of halogens is 4. The van der Waals surface area contributed by atoms with Crippen LogP contribution in [-0.4, -0.2) is 52.8 Å². The third-order valence-corrected chi connectivity index (χ3v) is 9.34. The second-order valence-corrected chi connectivity index (χ2v) is 12.9. The molecule has 1 aliphatic carbocycles. The van der Waals surface area contributed by atoms with E-state index in [-0.39, 0.29) is 23.8 Å². The van der Waals surface area contributed by atoms with Gasteiger partial charge in [0.05, 0.1) is 30.5 Å². The van der Waals surface area contributed by atoms with Gasteiger partial charge in [-0.2, -0.15) is 13.2 Å². The van der Waals surface area contributed by atoms with Gasteiger partial charge >= 0.3 is 18.1 Å². The summed E-state index contributed by atoms with van der Waals surface area (Å²) in [5.74, 6) is -3.07. The van der Waals surface area contributed by atoms with E-state index in [0.717, 1.165) is 35.7 Å². The average Bonchev–Trinajstić information content (AvgIpc) is 3.50. The predicted molar refractivity (Wildman–Crippen MR) is 188 cm³/mol. The van der Waals surface area contributed by atoms with Gasteiger partial charge in [-0.25, -0.2) is 19.6 Å². The molecule has 1 aliphatic rings. The molecule has 0 bridgehead atoms. The van der Waals surface area contributed by atoms with Crippen LogP contribution < -0.4 is 14.8 Å². The molecule has 52 heavy (non-hydrogen) atoms. The molecule has 10 nitrogen and oxygen atoms in total. The second-order valence-electron chi connectivity index (χ2n) is 12.5. The second kappa shape index (κ2) is 15.4. The number of esters is 2. The zero-order chi connectivity index (χ0) is 37.0. The third kappa shape index (κ3) is 8.04. The van der Waals surface area contributed by atoms with E-state index in [0.29, 0.717) is 39.3 Å². The zero-order valence-electron chi connectivity index (χ0n) is 28.3. The summed E-state index contributed by atoms with van der Waals surface area (Å²) in [6.45, 7) is 0.154. The molecular weight excluding hydrogens is 701 g/mol. The molecule has 0 spiro atoms. The molecule has 1 saturated carbocycles. The van der Waals surface area contributed by atoms with Crippen molar-refractivity contribution < 1.29 is 41.8 Å². The van der Waals surface area contributed by atoms with E-state index in [9.17, 15) is 27.6 Å². The van der Waals surface area contributed by atoms with Crippen LogP contribution in [0, 0.1) is 5.92 Å². The largest absolute Gasteiger partial charge is 0.496 e. The number of nitrogens with one attached hydrogen (secondary N) is 1. The standard InChI is InChI=1S/C38H34ClF3N4O6/c1-50-31-19-28(39)32(51-2)18-27(31)33-26(16-22-8-4-3-5-9-22)20-43-37(44-33)45-34(47)30-17-25-10-6-7-11-29(25)46(30)21-23-12-14-24(15-13-23)35(48)52-36(49)38(40,41)42/h6-7,10-15,17-20,22H,3-5,8-9,16,21H2,1-2H3,(H,43,44,45,47). The molecule has 0 radical (unpaired) electrons. The minimum atomic E-state index is -5.30. The molecule has 0 unspecified atom stereocenters. The number of carbonyl (C=O) groups excluding carboxylic acids is 3. The Hall–Kier alpha value is -5.43. The fourth-order valence-corrected chi connectivity index (χ4v) is 6.69. The number of fused-ring (bicyclic) bond motifs is 1. The van der Waals surface area contributed by atoms with E-state index in [1.165, 1.54) is 50.6 Å². The minimum Gasteiger partial charge on any atom is -0.496 e. The number of alkyl halides is 3. The number of aromatic nitrogens is 3. The van der Waals surface area contributed by atoms with Crippen molar-refractivity contribution in [1.29, 1.82) is 0 Å². The SMILES string of the molecule is COc1cc(-c2nc(NC(=O)c3cc4ccccc4n3Cc3ccc(C(=O)OC(=O)C(F)(F)F)cc3)ncc2CC2CCCCC2)c(OC)cc1Cl. The van der Waals surface area contributed by atoms with Crippen LogP contribution in [0.15, 0.2) is 72.9 Å². The molecule has 1 fully saturated rings. The van der Waals surface area contributed by atoms with Gasteiger partial charge in [0.25, 0.3) is 5.91 Å². The maximum absolute atomic E-state index is 14.0. The molecule has 2 heterocycles. The van der Waals surface area contributed by atoms with Crippen LogP contribution in [0.4, 0.5) is 19.1 Å². The highest BCUT2D eigenvalue weighted by Gasteiger charge is 2.42. The van der Waals surface area contributed by atoms with Crippen LogP contribution in [0.3, 0.4) is 0 Å². The first kappa shape index (κ1) is 36.4. The molecule has 1 amide bonds. The van der Waals surface area contributed by atoms with Crippen molar-refractivity contribution in [3.05, 3.63) is 100 Å². The fraction of sp³-hybridized carbons (Fsp3) is 0.289. The van der Waals surface area contributed by atoms with Crippen molar-refractivity contribution >= 4 is 46.3 Å². The number of rotatable bonds is 10. The lowest BCUT2D eigenvalue weighted by molar-refractivity contribution is -0.193. The topological polar surface area (TPSA) is 122 Å². The summed E-state index contributed by atoms with van der Waals surface area (Å²) in [5, 5.41) is 4.01. The molecule has 14 heteroatoms. The Bertz CT molecular complexity index is 2130. The molecule has 270 valence electrons. The van der Waals surface area contributed by atoms with E-state index < -0.39 is 24.0 Å². The van der Waals surface area contributed by atoms with Crippen LogP contribution in [0.1, 0.15) is 64.1 Å². The van der Waals surface area contributed by atoms with Crippen molar-refractivity contribution in [1.82, 2.24) is 14.5 Å². The molecule has 0 aliphatic heterocycles. The Morgan fingerprint density at radius 2 is 1.65 bits per heavy atom.